The van der Waals surface area contributed by atoms with Crippen LogP contribution in [0.4, 0.5) is 17.5 Å². The molecule has 27 heavy (non-hydrogen) atoms. The monoisotopic (exact) mass is 362 g/mol. The van der Waals surface area contributed by atoms with E-state index in [2.05, 4.69) is 48.2 Å². The van der Waals surface area contributed by atoms with Gasteiger partial charge in [0.25, 0.3) is 0 Å². The Morgan fingerprint density at radius 1 is 1.07 bits per heavy atom. The summed E-state index contributed by atoms with van der Waals surface area (Å²) in [5.74, 6) is 1.31. The van der Waals surface area contributed by atoms with E-state index in [-0.39, 0.29) is 0 Å². The molecule has 1 aromatic heterocycles. The molecule has 0 aliphatic heterocycles. The maximum Gasteiger partial charge on any atom is 0.229 e. The number of aliphatic hydroxyl groups is 1. The van der Waals surface area contributed by atoms with E-state index in [1.807, 2.05) is 36.2 Å². The lowest BCUT2D eigenvalue weighted by molar-refractivity contribution is 0.164. The molecule has 0 saturated carbocycles. The summed E-state index contributed by atoms with van der Waals surface area (Å²) in [5, 5.41) is 13.5. The minimum absolute atomic E-state index is 0.548. The standard InChI is InChI=1S/C22H26N4O/c1-15-13-17(3)19(14-16(15)2)24-21-23-12-9-20(25-21)26(5)18-7-6-10-22(4,27)11-8-18/h6-14,27H,1-5H3,(H,23,24,25). The molecular formula is C22H26N4O. The van der Waals surface area contributed by atoms with Crippen LogP contribution in [0.15, 0.2) is 60.5 Å². The van der Waals surface area contributed by atoms with Crippen molar-refractivity contribution in [2.45, 2.75) is 33.3 Å². The Kier molecular flexibility index (Phi) is 5.15. The predicted octanol–water partition coefficient (Wildman–Crippen LogP) is 4.34. The number of anilines is 3. The van der Waals surface area contributed by atoms with Crippen molar-refractivity contribution < 1.29 is 5.11 Å². The largest absolute Gasteiger partial charge is 0.382 e. The van der Waals surface area contributed by atoms with Gasteiger partial charge in [-0.15, -0.1) is 0 Å². The molecule has 2 N–H and O–H groups in total. The van der Waals surface area contributed by atoms with Crippen LogP contribution in [0.2, 0.25) is 0 Å². The molecule has 5 nitrogen and oxygen atoms in total. The van der Waals surface area contributed by atoms with Crippen LogP contribution in [-0.2, 0) is 0 Å². The van der Waals surface area contributed by atoms with Crippen LogP contribution in [0.25, 0.3) is 0 Å². The summed E-state index contributed by atoms with van der Waals surface area (Å²) in [6.45, 7) is 8.02. The van der Waals surface area contributed by atoms with Crippen molar-refractivity contribution in [1.82, 2.24) is 9.97 Å². The predicted molar refractivity (Wildman–Crippen MR) is 111 cm³/mol. The van der Waals surface area contributed by atoms with E-state index in [1.54, 1.807) is 25.3 Å². The van der Waals surface area contributed by atoms with Crippen molar-refractivity contribution in [3.05, 3.63) is 77.2 Å². The first-order chi connectivity index (χ1) is 12.7. The molecule has 0 spiro atoms. The van der Waals surface area contributed by atoms with Crippen LogP contribution in [-0.4, -0.2) is 27.7 Å². The molecule has 0 saturated heterocycles. The van der Waals surface area contributed by atoms with Crippen molar-refractivity contribution in [2.75, 3.05) is 17.3 Å². The number of aromatic nitrogens is 2. The van der Waals surface area contributed by atoms with Crippen LogP contribution >= 0.6 is 0 Å². The van der Waals surface area contributed by atoms with E-state index in [1.165, 1.54) is 11.1 Å². The fourth-order valence-electron chi connectivity index (χ4n) is 2.87. The summed E-state index contributed by atoms with van der Waals surface area (Å²) in [6.07, 6.45) is 10.9. The lowest BCUT2D eigenvalue weighted by Gasteiger charge is -2.20. The number of rotatable bonds is 4. The van der Waals surface area contributed by atoms with Gasteiger partial charge in [0.2, 0.25) is 5.95 Å². The van der Waals surface area contributed by atoms with Crippen LogP contribution in [0, 0.1) is 20.8 Å². The summed E-state index contributed by atoms with van der Waals surface area (Å²) in [4.78, 5) is 11.0. The Morgan fingerprint density at radius 3 is 2.59 bits per heavy atom. The summed E-state index contributed by atoms with van der Waals surface area (Å²) < 4.78 is 0. The molecule has 0 bridgehead atoms. The molecule has 1 atom stereocenters. The van der Waals surface area contributed by atoms with E-state index in [0.29, 0.717) is 5.95 Å². The second-order valence-corrected chi connectivity index (χ2v) is 7.18. The van der Waals surface area contributed by atoms with Crippen molar-refractivity contribution in [3.8, 4) is 0 Å². The minimum atomic E-state index is -0.946. The number of aryl methyl sites for hydroxylation is 3. The van der Waals surface area contributed by atoms with Gasteiger partial charge in [0.15, 0.2) is 0 Å². The maximum absolute atomic E-state index is 10.1. The van der Waals surface area contributed by atoms with Gasteiger partial charge in [-0.3, -0.25) is 0 Å². The number of nitrogens with one attached hydrogen (secondary N) is 1. The SMILES string of the molecule is Cc1cc(C)c(Nc2nccc(N(C)C3=CC=CC(C)(O)C=C3)n2)cc1C. The number of hydrogen-bond acceptors (Lipinski definition) is 5. The van der Waals surface area contributed by atoms with Crippen LogP contribution in [0.5, 0.6) is 0 Å². The van der Waals surface area contributed by atoms with Crippen molar-refractivity contribution in [1.29, 1.82) is 0 Å². The minimum Gasteiger partial charge on any atom is -0.382 e. The zero-order valence-electron chi connectivity index (χ0n) is 16.5. The Labute approximate surface area is 160 Å². The number of nitrogens with zero attached hydrogens (tertiary/aromatic N) is 3. The first kappa shape index (κ1) is 18.9. The van der Waals surface area contributed by atoms with Crippen LogP contribution in [0.1, 0.15) is 23.6 Å². The summed E-state index contributed by atoms with van der Waals surface area (Å²) in [5.41, 5.74) is 4.63. The van der Waals surface area contributed by atoms with Gasteiger partial charge in [-0.1, -0.05) is 12.1 Å². The van der Waals surface area contributed by atoms with Gasteiger partial charge in [0.1, 0.15) is 5.82 Å². The Balaban J connectivity index is 1.85. The quantitative estimate of drug-likeness (QED) is 0.847. The van der Waals surface area contributed by atoms with E-state index < -0.39 is 5.60 Å². The highest BCUT2D eigenvalue weighted by Crippen LogP contribution is 2.24. The normalized spacial score (nSPS) is 18.8. The zero-order valence-corrected chi connectivity index (χ0v) is 16.5. The molecule has 0 radical (unpaired) electrons. The number of benzene rings is 1. The third-order valence-corrected chi connectivity index (χ3v) is 4.75. The average molecular weight is 362 g/mol. The molecule has 5 heteroatoms. The van der Waals surface area contributed by atoms with E-state index >= 15 is 0 Å². The van der Waals surface area contributed by atoms with Gasteiger partial charge < -0.3 is 15.3 Å². The van der Waals surface area contributed by atoms with Gasteiger partial charge >= 0.3 is 0 Å². The maximum atomic E-state index is 10.1. The van der Waals surface area contributed by atoms with Gasteiger partial charge in [-0.25, -0.2) is 4.98 Å². The lowest BCUT2D eigenvalue weighted by Crippen LogP contribution is -2.18. The second kappa shape index (κ2) is 7.37. The molecule has 1 heterocycles. The third kappa shape index (κ3) is 4.44. The van der Waals surface area contributed by atoms with Crippen molar-refractivity contribution in [2.24, 2.45) is 0 Å². The molecule has 1 aliphatic carbocycles. The number of hydrogen-bond donors (Lipinski definition) is 2. The molecule has 140 valence electrons. The second-order valence-electron chi connectivity index (χ2n) is 7.18. The average Bonchev–Trinajstić information content (AvgIpc) is 2.80. The Hall–Kier alpha value is -2.92. The lowest BCUT2D eigenvalue weighted by atomic mass is 10.1. The topological polar surface area (TPSA) is 61.3 Å². The molecular weight excluding hydrogens is 336 g/mol. The van der Waals surface area contributed by atoms with Gasteiger partial charge in [0, 0.05) is 24.6 Å². The first-order valence-corrected chi connectivity index (χ1v) is 8.98. The molecule has 0 fully saturated rings. The van der Waals surface area contributed by atoms with Gasteiger partial charge in [0.05, 0.1) is 5.60 Å². The third-order valence-electron chi connectivity index (χ3n) is 4.75. The fourth-order valence-corrected chi connectivity index (χ4v) is 2.87. The highest BCUT2D eigenvalue weighted by atomic mass is 16.3. The van der Waals surface area contributed by atoms with E-state index in [0.717, 1.165) is 22.8 Å². The van der Waals surface area contributed by atoms with E-state index in [9.17, 15) is 5.11 Å². The molecule has 0 amide bonds. The van der Waals surface area contributed by atoms with Gasteiger partial charge in [-0.2, -0.15) is 4.98 Å². The van der Waals surface area contributed by atoms with Crippen molar-refractivity contribution in [3.63, 3.8) is 0 Å². The molecule has 3 rings (SSSR count). The van der Waals surface area contributed by atoms with Gasteiger partial charge in [-0.05, 0) is 80.8 Å². The summed E-state index contributed by atoms with van der Waals surface area (Å²) in [7, 11) is 1.94. The smallest absolute Gasteiger partial charge is 0.229 e. The number of allylic oxidation sites excluding steroid dienone is 3. The molecule has 2 aromatic rings. The highest BCUT2D eigenvalue weighted by molar-refractivity contribution is 5.62. The Morgan fingerprint density at radius 2 is 1.81 bits per heavy atom. The molecule has 1 aromatic carbocycles. The summed E-state index contributed by atoms with van der Waals surface area (Å²) >= 11 is 0. The highest BCUT2D eigenvalue weighted by Gasteiger charge is 2.15. The fraction of sp³-hybridized carbons (Fsp3) is 0.273. The molecule has 1 aliphatic rings. The van der Waals surface area contributed by atoms with Crippen molar-refractivity contribution >= 4 is 17.5 Å². The van der Waals surface area contributed by atoms with Crippen LogP contribution < -0.4 is 10.2 Å². The molecule has 1 unspecified atom stereocenters. The zero-order chi connectivity index (χ0) is 19.6. The summed E-state index contributed by atoms with van der Waals surface area (Å²) in [6, 6.07) is 6.14. The van der Waals surface area contributed by atoms with Crippen LogP contribution in [0.3, 0.4) is 0 Å². The Bertz CT molecular complexity index is 941. The first-order valence-electron chi connectivity index (χ1n) is 8.98. The number of likely N-dealkylation sites (N-methyl/N-ethyl adjacent to an activating group) is 1. The van der Waals surface area contributed by atoms with E-state index in [4.69, 9.17) is 0 Å².